The van der Waals surface area contributed by atoms with E-state index in [-0.39, 0.29) is 16.7 Å². The predicted molar refractivity (Wildman–Crippen MR) is 63.1 cm³/mol. The third-order valence-corrected chi connectivity index (χ3v) is 3.54. The van der Waals surface area contributed by atoms with Gasteiger partial charge in [-0.1, -0.05) is 19.4 Å². The molecular weight excluding hydrogens is 226 g/mol. The van der Waals surface area contributed by atoms with Gasteiger partial charge in [0, 0.05) is 12.3 Å². The molecule has 16 heavy (non-hydrogen) atoms. The second kappa shape index (κ2) is 4.84. The molecule has 0 aliphatic heterocycles. The summed E-state index contributed by atoms with van der Waals surface area (Å²) >= 11 is 0. The van der Waals surface area contributed by atoms with Crippen molar-refractivity contribution in [2.24, 2.45) is 5.73 Å². The van der Waals surface area contributed by atoms with Crippen molar-refractivity contribution in [2.75, 3.05) is 6.26 Å². The molecule has 0 aliphatic rings. The second-order valence-electron chi connectivity index (χ2n) is 3.89. The van der Waals surface area contributed by atoms with E-state index in [1.807, 2.05) is 6.92 Å². The summed E-state index contributed by atoms with van der Waals surface area (Å²) < 4.78 is 22.8. The van der Waals surface area contributed by atoms with Gasteiger partial charge in [0.05, 0.1) is 0 Å². The molecule has 1 aromatic rings. The molecule has 90 valence electrons. The van der Waals surface area contributed by atoms with Crippen molar-refractivity contribution in [2.45, 2.75) is 30.7 Å². The maximum Gasteiger partial charge on any atom is 0.179 e. The van der Waals surface area contributed by atoms with Crippen molar-refractivity contribution in [3.8, 4) is 5.75 Å². The summed E-state index contributed by atoms with van der Waals surface area (Å²) in [5.41, 5.74) is 6.63. The topological polar surface area (TPSA) is 80.4 Å². The minimum Gasteiger partial charge on any atom is -0.507 e. The van der Waals surface area contributed by atoms with Crippen LogP contribution in [-0.4, -0.2) is 19.8 Å². The zero-order valence-corrected chi connectivity index (χ0v) is 10.3. The molecule has 0 unspecified atom stereocenters. The van der Waals surface area contributed by atoms with E-state index in [0.717, 1.165) is 24.7 Å². The summed E-state index contributed by atoms with van der Waals surface area (Å²) in [4.78, 5) is -0.0587. The highest BCUT2D eigenvalue weighted by Gasteiger charge is 2.15. The lowest BCUT2D eigenvalue weighted by molar-refractivity contribution is 0.458. The van der Waals surface area contributed by atoms with E-state index in [1.165, 1.54) is 12.1 Å². The number of hydrogen-bond donors (Lipinski definition) is 2. The normalized spacial score (nSPS) is 13.7. The van der Waals surface area contributed by atoms with E-state index in [1.54, 1.807) is 6.07 Å². The fraction of sp³-hybridized carbons (Fsp3) is 0.455. The molecule has 1 rings (SSSR count). The molecule has 0 fully saturated rings. The number of hydrogen-bond acceptors (Lipinski definition) is 4. The summed E-state index contributed by atoms with van der Waals surface area (Å²) in [5.74, 6) is -0.227. The van der Waals surface area contributed by atoms with Gasteiger partial charge in [-0.2, -0.15) is 0 Å². The maximum absolute atomic E-state index is 11.4. The molecule has 0 radical (unpaired) electrons. The number of benzene rings is 1. The van der Waals surface area contributed by atoms with E-state index in [9.17, 15) is 13.5 Å². The fourth-order valence-electron chi connectivity index (χ4n) is 1.54. The number of phenols is 1. The Balaban J connectivity index is 3.18. The quantitative estimate of drug-likeness (QED) is 0.841. The number of aromatic hydroxyl groups is 1. The predicted octanol–water partition coefficient (Wildman–Crippen LogP) is 1.60. The number of rotatable bonds is 4. The van der Waals surface area contributed by atoms with Gasteiger partial charge in [-0.25, -0.2) is 8.42 Å². The Morgan fingerprint density at radius 2 is 2.06 bits per heavy atom. The average Bonchev–Trinajstić information content (AvgIpc) is 2.16. The van der Waals surface area contributed by atoms with Crippen LogP contribution in [0.5, 0.6) is 5.75 Å². The minimum atomic E-state index is -3.41. The van der Waals surface area contributed by atoms with Crippen LogP contribution in [-0.2, 0) is 9.84 Å². The number of nitrogens with two attached hydrogens (primary N) is 1. The van der Waals surface area contributed by atoms with E-state index in [2.05, 4.69) is 0 Å². The highest BCUT2D eigenvalue weighted by atomic mass is 32.2. The van der Waals surface area contributed by atoms with Crippen LogP contribution in [0.1, 0.15) is 31.4 Å². The smallest absolute Gasteiger partial charge is 0.179 e. The molecule has 1 atom stereocenters. The molecular formula is C11H17NO3S. The van der Waals surface area contributed by atoms with Crippen LogP contribution in [0.2, 0.25) is 0 Å². The Morgan fingerprint density at radius 3 is 2.56 bits per heavy atom. The zero-order valence-electron chi connectivity index (χ0n) is 9.47. The van der Waals surface area contributed by atoms with Crippen molar-refractivity contribution in [1.82, 2.24) is 0 Å². The van der Waals surface area contributed by atoms with Gasteiger partial charge in [-0.15, -0.1) is 0 Å². The Morgan fingerprint density at radius 1 is 1.44 bits per heavy atom. The summed E-state index contributed by atoms with van der Waals surface area (Å²) in [7, 11) is -3.41. The van der Waals surface area contributed by atoms with Crippen molar-refractivity contribution in [3.05, 3.63) is 23.8 Å². The third-order valence-electron chi connectivity index (χ3n) is 2.41. The summed E-state index contributed by atoms with van der Waals surface area (Å²) in [5, 5.41) is 9.46. The van der Waals surface area contributed by atoms with E-state index in [0.29, 0.717) is 0 Å². The first-order valence-corrected chi connectivity index (χ1v) is 7.04. The Labute approximate surface area is 96.0 Å². The van der Waals surface area contributed by atoms with Crippen LogP contribution in [0.4, 0.5) is 0 Å². The molecule has 5 heteroatoms. The SMILES string of the molecule is CCC[C@@H](N)c1ccc(O)c(S(C)(=O)=O)c1. The first-order chi connectivity index (χ1) is 7.36. The molecule has 0 amide bonds. The molecule has 0 heterocycles. The first-order valence-electron chi connectivity index (χ1n) is 5.14. The van der Waals surface area contributed by atoms with Crippen LogP contribution >= 0.6 is 0 Å². The molecule has 3 N–H and O–H groups in total. The van der Waals surface area contributed by atoms with Crippen LogP contribution in [0.3, 0.4) is 0 Å². The third kappa shape index (κ3) is 2.96. The first kappa shape index (κ1) is 13.0. The lowest BCUT2D eigenvalue weighted by Gasteiger charge is -2.12. The van der Waals surface area contributed by atoms with Crippen LogP contribution in [0, 0.1) is 0 Å². The van der Waals surface area contributed by atoms with Crippen molar-refractivity contribution < 1.29 is 13.5 Å². The van der Waals surface area contributed by atoms with Gasteiger partial charge < -0.3 is 10.8 Å². The van der Waals surface area contributed by atoms with Gasteiger partial charge in [0.2, 0.25) is 0 Å². The highest BCUT2D eigenvalue weighted by molar-refractivity contribution is 7.90. The average molecular weight is 243 g/mol. The maximum atomic E-state index is 11.4. The van der Waals surface area contributed by atoms with Crippen molar-refractivity contribution in [1.29, 1.82) is 0 Å². The molecule has 4 nitrogen and oxygen atoms in total. The Hall–Kier alpha value is -1.07. The minimum absolute atomic E-state index is 0.0587. The van der Waals surface area contributed by atoms with E-state index >= 15 is 0 Å². The number of sulfone groups is 1. The fourth-order valence-corrected chi connectivity index (χ4v) is 2.33. The highest BCUT2D eigenvalue weighted by Crippen LogP contribution is 2.26. The molecule has 0 bridgehead atoms. The molecule has 0 aliphatic carbocycles. The lowest BCUT2D eigenvalue weighted by atomic mass is 10.0. The molecule has 0 spiro atoms. The molecule has 0 saturated heterocycles. The van der Waals surface area contributed by atoms with Crippen LogP contribution < -0.4 is 5.73 Å². The lowest BCUT2D eigenvalue weighted by Crippen LogP contribution is -2.10. The summed E-state index contributed by atoms with van der Waals surface area (Å²) in [6, 6.07) is 4.29. The zero-order chi connectivity index (χ0) is 12.3. The molecule has 0 aromatic heterocycles. The van der Waals surface area contributed by atoms with Gasteiger partial charge in [-0.3, -0.25) is 0 Å². The van der Waals surface area contributed by atoms with E-state index < -0.39 is 9.84 Å². The van der Waals surface area contributed by atoms with Crippen LogP contribution in [0.25, 0.3) is 0 Å². The summed E-state index contributed by atoms with van der Waals surface area (Å²) in [6.07, 6.45) is 2.78. The van der Waals surface area contributed by atoms with Crippen molar-refractivity contribution >= 4 is 9.84 Å². The van der Waals surface area contributed by atoms with Gasteiger partial charge >= 0.3 is 0 Å². The summed E-state index contributed by atoms with van der Waals surface area (Å²) in [6.45, 7) is 2.01. The Bertz CT molecular complexity index is 468. The second-order valence-corrected chi connectivity index (χ2v) is 5.88. The van der Waals surface area contributed by atoms with Crippen molar-refractivity contribution in [3.63, 3.8) is 0 Å². The van der Waals surface area contributed by atoms with Gasteiger partial charge in [0.25, 0.3) is 0 Å². The molecule has 1 aromatic carbocycles. The standard InChI is InChI=1S/C11H17NO3S/c1-3-4-9(12)8-5-6-10(13)11(7-8)16(2,14)15/h5-7,9,13H,3-4,12H2,1-2H3/t9-/m1/s1. The number of phenolic OH excluding ortho intramolecular Hbond substituents is 1. The van der Waals surface area contributed by atoms with Crippen LogP contribution in [0.15, 0.2) is 23.1 Å². The Kier molecular flexibility index (Phi) is 3.93. The van der Waals surface area contributed by atoms with E-state index in [4.69, 9.17) is 5.73 Å². The van der Waals surface area contributed by atoms with Gasteiger partial charge in [0.1, 0.15) is 10.6 Å². The molecule has 0 saturated carbocycles. The van der Waals surface area contributed by atoms with Gasteiger partial charge in [0.15, 0.2) is 9.84 Å². The monoisotopic (exact) mass is 243 g/mol. The van der Waals surface area contributed by atoms with Gasteiger partial charge in [-0.05, 0) is 24.1 Å². The largest absolute Gasteiger partial charge is 0.507 e.